The van der Waals surface area contributed by atoms with Crippen LogP contribution in [0.4, 0.5) is 22.0 Å². The predicted molar refractivity (Wildman–Crippen MR) is 208 cm³/mol. The maximum absolute atomic E-state index is 13.9. The highest BCUT2D eigenvalue weighted by Gasteiger charge is 2.44. The van der Waals surface area contributed by atoms with E-state index in [2.05, 4.69) is 27.8 Å². The molecular formula is C43H53F5N4O2. The fourth-order valence-corrected chi connectivity index (χ4v) is 6.96. The minimum atomic E-state index is -4.53. The van der Waals surface area contributed by atoms with Gasteiger partial charge in [0.2, 0.25) is 5.91 Å². The Balaban J connectivity index is 0.00000186. The van der Waals surface area contributed by atoms with Crippen LogP contribution in [-0.4, -0.2) is 61.7 Å². The largest absolute Gasteiger partial charge is 0.405 e. The van der Waals surface area contributed by atoms with Crippen molar-refractivity contribution in [3.05, 3.63) is 125 Å². The van der Waals surface area contributed by atoms with E-state index in [1.54, 1.807) is 6.08 Å². The minimum absolute atomic E-state index is 0.0653. The van der Waals surface area contributed by atoms with Crippen LogP contribution >= 0.6 is 0 Å². The molecule has 0 aromatic heterocycles. The van der Waals surface area contributed by atoms with Crippen molar-refractivity contribution in [2.24, 2.45) is 5.73 Å². The Kier molecular flexibility index (Phi) is 16.8. The van der Waals surface area contributed by atoms with Gasteiger partial charge in [0.05, 0.1) is 5.41 Å². The van der Waals surface area contributed by atoms with Gasteiger partial charge in [-0.1, -0.05) is 109 Å². The number of hydrogen-bond donors (Lipinski definition) is 3. The summed E-state index contributed by atoms with van der Waals surface area (Å²) in [4.78, 5) is 29.7. The summed E-state index contributed by atoms with van der Waals surface area (Å²) < 4.78 is 60.2. The van der Waals surface area contributed by atoms with Crippen LogP contribution < -0.4 is 16.4 Å². The zero-order valence-electron chi connectivity index (χ0n) is 31.6. The molecule has 0 bridgehead atoms. The highest BCUT2D eigenvalue weighted by molar-refractivity contribution is 6.01. The molecular weight excluding hydrogens is 699 g/mol. The van der Waals surface area contributed by atoms with Crippen LogP contribution in [0.1, 0.15) is 79.9 Å². The second-order valence-corrected chi connectivity index (χ2v) is 13.6. The number of unbranched alkanes of at least 4 members (excludes halogenated alkanes) is 1. The third kappa shape index (κ3) is 12.5. The maximum atomic E-state index is 13.9. The van der Waals surface area contributed by atoms with E-state index in [1.165, 1.54) is 5.56 Å². The van der Waals surface area contributed by atoms with Crippen molar-refractivity contribution in [3.8, 4) is 11.1 Å². The summed E-state index contributed by atoms with van der Waals surface area (Å²) in [5.74, 6) is -0.720. The molecule has 6 nitrogen and oxygen atoms in total. The van der Waals surface area contributed by atoms with Crippen LogP contribution in [0.25, 0.3) is 16.7 Å². The van der Waals surface area contributed by atoms with Gasteiger partial charge in [-0.15, -0.1) is 0 Å². The summed E-state index contributed by atoms with van der Waals surface area (Å²) in [5.41, 5.74) is 9.32. The fraction of sp³-hybridized carbons (Fsp3) is 0.395. The zero-order chi connectivity index (χ0) is 39.9. The quantitative estimate of drug-likeness (QED) is 0.0504. The van der Waals surface area contributed by atoms with Gasteiger partial charge in [0.1, 0.15) is 6.54 Å². The molecule has 54 heavy (non-hydrogen) atoms. The van der Waals surface area contributed by atoms with E-state index in [-0.39, 0.29) is 11.9 Å². The number of amides is 2. The van der Waals surface area contributed by atoms with E-state index >= 15 is 0 Å². The summed E-state index contributed by atoms with van der Waals surface area (Å²) in [6.45, 7) is 9.79. The SMILES string of the molecule is C=C/C=C(\C)c1ccccc1C(CCCCN1CCC(NC(=O)c2ccccc2-c2ccc(C)cc2)CC1)(C(=O)NCC(F)(F)F)/C(C)=C/C.NC(F)F. The molecule has 11 heteroatoms. The van der Waals surface area contributed by atoms with Gasteiger partial charge in [-0.05, 0) is 93.8 Å². The standard InChI is InChI=1S/C42H50F3N3O2.CH3F2N/c1-6-14-31(4)35-15-10-11-18-38(35)41(32(5)7-2,40(50)46-29-42(43,44)45)25-12-13-26-48-27-23-34(24-28-48)47-39(49)37-17-9-8-16-36(37)33-21-19-30(3)20-22-33;2-1(3)4/h6-11,14-22,34H,1,12-13,23-29H2,2-5H3,(H,46,50)(H,47,49);1H,4H2/b31-14+,32-7+;. The van der Waals surface area contributed by atoms with E-state index in [9.17, 15) is 31.5 Å². The van der Waals surface area contributed by atoms with Crippen LogP contribution in [0.15, 0.2) is 103 Å². The second-order valence-electron chi connectivity index (χ2n) is 13.6. The first-order valence-corrected chi connectivity index (χ1v) is 18.2. The van der Waals surface area contributed by atoms with Crippen molar-refractivity contribution < 1.29 is 31.5 Å². The van der Waals surface area contributed by atoms with Gasteiger partial charge in [-0.25, -0.2) is 0 Å². The Morgan fingerprint density at radius 1 is 0.944 bits per heavy atom. The molecule has 1 unspecified atom stereocenters. The van der Waals surface area contributed by atoms with Crippen molar-refractivity contribution in [2.45, 2.75) is 84.0 Å². The first-order chi connectivity index (χ1) is 25.6. The Hall–Kier alpha value is -4.61. The molecule has 1 atom stereocenters. The van der Waals surface area contributed by atoms with Crippen molar-refractivity contribution in [1.82, 2.24) is 15.5 Å². The number of piperidine rings is 1. The van der Waals surface area contributed by atoms with Gasteiger partial charge in [-0.2, -0.15) is 22.0 Å². The number of aryl methyl sites for hydroxylation is 1. The molecule has 2 amide bonds. The number of hydrogen-bond acceptors (Lipinski definition) is 4. The van der Waals surface area contributed by atoms with Crippen molar-refractivity contribution in [3.63, 3.8) is 0 Å². The number of likely N-dealkylation sites (tertiary alicyclic amines) is 1. The Labute approximate surface area is 316 Å². The van der Waals surface area contributed by atoms with Crippen LogP contribution in [0.5, 0.6) is 0 Å². The van der Waals surface area contributed by atoms with Crippen LogP contribution in [0.2, 0.25) is 0 Å². The molecule has 4 N–H and O–H groups in total. The lowest BCUT2D eigenvalue weighted by Crippen LogP contribution is -2.48. The average Bonchev–Trinajstić information content (AvgIpc) is 3.14. The topological polar surface area (TPSA) is 87.5 Å². The summed E-state index contributed by atoms with van der Waals surface area (Å²) in [5, 5.41) is 5.48. The van der Waals surface area contributed by atoms with E-state index < -0.39 is 30.6 Å². The van der Waals surface area contributed by atoms with Crippen molar-refractivity contribution in [1.29, 1.82) is 0 Å². The lowest BCUT2D eigenvalue weighted by Gasteiger charge is -2.37. The van der Waals surface area contributed by atoms with E-state index in [4.69, 9.17) is 0 Å². The fourth-order valence-electron chi connectivity index (χ4n) is 6.96. The highest BCUT2D eigenvalue weighted by Crippen LogP contribution is 2.41. The first-order valence-electron chi connectivity index (χ1n) is 18.2. The number of alkyl halides is 5. The molecule has 0 aliphatic carbocycles. The van der Waals surface area contributed by atoms with E-state index in [0.717, 1.165) is 61.2 Å². The number of carbonyl (C=O) groups excluding carboxylic acids is 2. The summed E-state index contributed by atoms with van der Waals surface area (Å²) in [6.07, 6.45) is 4.22. The van der Waals surface area contributed by atoms with Crippen LogP contribution in [-0.2, 0) is 10.2 Å². The van der Waals surface area contributed by atoms with E-state index in [0.29, 0.717) is 29.5 Å². The van der Waals surface area contributed by atoms with Gasteiger partial charge in [-0.3, -0.25) is 15.3 Å². The predicted octanol–water partition coefficient (Wildman–Crippen LogP) is 9.37. The molecule has 0 saturated carbocycles. The average molecular weight is 753 g/mol. The number of nitrogens with zero attached hydrogens (tertiary/aromatic N) is 1. The van der Waals surface area contributed by atoms with Crippen molar-refractivity contribution >= 4 is 17.4 Å². The van der Waals surface area contributed by atoms with Crippen LogP contribution in [0.3, 0.4) is 0 Å². The van der Waals surface area contributed by atoms with Gasteiger partial charge < -0.3 is 15.5 Å². The Morgan fingerprint density at radius 3 is 2.13 bits per heavy atom. The van der Waals surface area contributed by atoms with Crippen molar-refractivity contribution in [2.75, 3.05) is 26.2 Å². The van der Waals surface area contributed by atoms with Crippen LogP contribution in [0, 0.1) is 6.92 Å². The van der Waals surface area contributed by atoms with Gasteiger partial charge in [0, 0.05) is 24.7 Å². The molecule has 1 aliphatic heterocycles. The molecule has 1 saturated heterocycles. The molecule has 4 rings (SSSR count). The molecule has 1 heterocycles. The minimum Gasteiger partial charge on any atom is -0.349 e. The lowest BCUT2D eigenvalue weighted by atomic mass is 9.68. The number of nitrogens with one attached hydrogen (secondary N) is 2. The van der Waals surface area contributed by atoms with Gasteiger partial charge in [0.25, 0.3) is 12.5 Å². The zero-order valence-corrected chi connectivity index (χ0v) is 31.6. The lowest BCUT2D eigenvalue weighted by molar-refractivity contribution is -0.141. The summed E-state index contributed by atoms with van der Waals surface area (Å²) in [6, 6.07) is 23.4. The Bertz CT molecular complexity index is 1740. The Morgan fingerprint density at radius 2 is 1.54 bits per heavy atom. The van der Waals surface area contributed by atoms with Gasteiger partial charge >= 0.3 is 6.18 Å². The summed E-state index contributed by atoms with van der Waals surface area (Å²) in [7, 11) is 0. The molecule has 0 spiro atoms. The molecule has 1 aliphatic rings. The third-order valence-corrected chi connectivity index (χ3v) is 9.86. The summed E-state index contributed by atoms with van der Waals surface area (Å²) >= 11 is 0. The van der Waals surface area contributed by atoms with Gasteiger partial charge in [0.15, 0.2) is 0 Å². The number of nitrogens with two attached hydrogens (primary N) is 1. The molecule has 3 aromatic rings. The second kappa shape index (κ2) is 20.7. The smallest absolute Gasteiger partial charge is 0.349 e. The third-order valence-electron chi connectivity index (χ3n) is 9.86. The molecule has 3 aromatic carbocycles. The first kappa shape index (κ1) is 43.8. The number of benzene rings is 3. The van der Waals surface area contributed by atoms with E-state index in [1.807, 2.05) is 113 Å². The number of carbonyl (C=O) groups is 2. The monoisotopic (exact) mass is 752 g/mol. The normalized spacial score (nSPS) is 15.5. The highest BCUT2D eigenvalue weighted by atomic mass is 19.4. The number of rotatable bonds is 14. The number of halogens is 5. The number of allylic oxidation sites excluding steroid dienone is 4. The molecule has 0 radical (unpaired) electrons. The maximum Gasteiger partial charge on any atom is 0.405 e. The molecule has 1 fully saturated rings. The molecule has 292 valence electrons.